The highest BCUT2D eigenvalue weighted by molar-refractivity contribution is 5.80. The van der Waals surface area contributed by atoms with Crippen molar-refractivity contribution >= 4 is 22.7 Å². The maximum Gasteiger partial charge on any atom is 0.201 e. The van der Waals surface area contributed by atoms with Gasteiger partial charge in [0.25, 0.3) is 0 Å². The Morgan fingerprint density at radius 3 is 3.12 bits per heavy atom. The average molecular weight is 220 g/mol. The first-order chi connectivity index (χ1) is 7.69. The largest absolute Gasteiger partial charge is 0.399 e. The number of aliphatic hydroxyl groups excluding tert-OH is 1. The van der Waals surface area contributed by atoms with Gasteiger partial charge in [0.05, 0.1) is 17.1 Å². The number of rotatable bonds is 4. The van der Waals surface area contributed by atoms with Crippen LogP contribution in [-0.4, -0.2) is 27.7 Å². The van der Waals surface area contributed by atoms with E-state index in [9.17, 15) is 5.11 Å². The van der Waals surface area contributed by atoms with Crippen molar-refractivity contribution in [3.05, 3.63) is 18.2 Å². The number of H-pyrrole nitrogens is 1. The van der Waals surface area contributed by atoms with Crippen molar-refractivity contribution in [3.63, 3.8) is 0 Å². The summed E-state index contributed by atoms with van der Waals surface area (Å²) in [6, 6.07) is 5.51. The van der Waals surface area contributed by atoms with Crippen LogP contribution in [0.4, 0.5) is 11.6 Å². The summed E-state index contributed by atoms with van der Waals surface area (Å²) >= 11 is 0. The molecule has 1 aromatic carbocycles. The highest BCUT2D eigenvalue weighted by Crippen LogP contribution is 2.16. The number of nitrogens with one attached hydrogen (secondary N) is 2. The number of nitrogens with zero attached hydrogens (tertiary/aromatic N) is 1. The van der Waals surface area contributed by atoms with Gasteiger partial charge in [0.1, 0.15) is 0 Å². The third-order valence-corrected chi connectivity index (χ3v) is 2.48. The van der Waals surface area contributed by atoms with Crippen LogP contribution in [0.15, 0.2) is 18.2 Å². The monoisotopic (exact) mass is 220 g/mol. The third-order valence-electron chi connectivity index (χ3n) is 2.48. The summed E-state index contributed by atoms with van der Waals surface area (Å²) in [7, 11) is 0. The molecule has 0 bridgehead atoms. The SMILES string of the molecule is CCC(O)CNc1nc2ccc(N)cc2[nH]1. The van der Waals surface area contributed by atoms with Crippen molar-refractivity contribution in [1.29, 1.82) is 0 Å². The van der Waals surface area contributed by atoms with Gasteiger partial charge in [-0.15, -0.1) is 0 Å². The number of hydrogen-bond donors (Lipinski definition) is 4. The Balaban J connectivity index is 2.13. The van der Waals surface area contributed by atoms with Gasteiger partial charge in [-0.2, -0.15) is 0 Å². The van der Waals surface area contributed by atoms with Crippen molar-refractivity contribution in [3.8, 4) is 0 Å². The molecule has 0 aliphatic rings. The Hall–Kier alpha value is -1.75. The second-order valence-corrected chi connectivity index (χ2v) is 3.80. The van der Waals surface area contributed by atoms with E-state index in [4.69, 9.17) is 5.73 Å². The van der Waals surface area contributed by atoms with Crippen molar-refractivity contribution in [1.82, 2.24) is 9.97 Å². The van der Waals surface area contributed by atoms with E-state index in [0.717, 1.165) is 17.5 Å². The molecular formula is C11H16N4O. The molecule has 0 fully saturated rings. The third kappa shape index (κ3) is 2.25. The fraction of sp³-hybridized carbons (Fsp3) is 0.364. The van der Waals surface area contributed by atoms with Crippen molar-refractivity contribution in [2.24, 2.45) is 0 Å². The maximum atomic E-state index is 9.41. The minimum atomic E-state index is -0.349. The topological polar surface area (TPSA) is 87.0 Å². The van der Waals surface area contributed by atoms with E-state index in [1.165, 1.54) is 0 Å². The molecule has 16 heavy (non-hydrogen) atoms. The van der Waals surface area contributed by atoms with Crippen molar-refractivity contribution in [2.45, 2.75) is 19.4 Å². The Labute approximate surface area is 93.7 Å². The lowest BCUT2D eigenvalue weighted by Crippen LogP contribution is -2.18. The number of fused-ring (bicyclic) bond motifs is 1. The summed E-state index contributed by atoms with van der Waals surface area (Å²) in [5.74, 6) is 0.660. The second-order valence-electron chi connectivity index (χ2n) is 3.80. The van der Waals surface area contributed by atoms with E-state index in [0.29, 0.717) is 18.2 Å². The van der Waals surface area contributed by atoms with Crippen LogP contribution in [0.1, 0.15) is 13.3 Å². The lowest BCUT2D eigenvalue weighted by Gasteiger charge is -2.07. The van der Waals surface area contributed by atoms with Crippen LogP contribution >= 0.6 is 0 Å². The van der Waals surface area contributed by atoms with E-state index in [1.807, 2.05) is 25.1 Å². The summed E-state index contributed by atoms with van der Waals surface area (Å²) < 4.78 is 0. The number of benzene rings is 1. The number of nitrogen functional groups attached to an aromatic ring is 1. The Morgan fingerprint density at radius 1 is 1.56 bits per heavy atom. The molecule has 0 saturated carbocycles. The van der Waals surface area contributed by atoms with E-state index >= 15 is 0 Å². The van der Waals surface area contributed by atoms with Gasteiger partial charge in [0, 0.05) is 12.2 Å². The summed E-state index contributed by atoms with van der Waals surface area (Å²) in [6.07, 6.45) is 0.374. The molecule has 1 heterocycles. The molecule has 2 rings (SSSR count). The summed E-state index contributed by atoms with van der Waals surface area (Å²) in [6.45, 7) is 2.43. The normalized spacial score (nSPS) is 12.9. The molecule has 5 nitrogen and oxygen atoms in total. The van der Waals surface area contributed by atoms with Crippen molar-refractivity contribution < 1.29 is 5.11 Å². The molecule has 0 radical (unpaired) electrons. The van der Waals surface area contributed by atoms with Crippen LogP contribution < -0.4 is 11.1 Å². The maximum absolute atomic E-state index is 9.41. The Morgan fingerprint density at radius 2 is 2.38 bits per heavy atom. The van der Waals surface area contributed by atoms with Crippen LogP contribution in [0, 0.1) is 0 Å². The molecule has 5 heteroatoms. The molecule has 2 aromatic rings. The first-order valence-electron chi connectivity index (χ1n) is 5.36. The zero-order valence-electron chi connectivity index (χ0n) is 9.20. The standard InChI is InChI=1S/C11H16N4O/c1-2-8(16)6-13-11-14-9-4-3-7(12)5-10(9)15-11/h3-5,8,16H,2,6,12H2,1H3,(H2,13,14,15). The zero-order valence-corrected chi connectivity index (χ0v) is 9.20. The molecule has 0 aliphatic heterocycles. The van der Waals surface area contributed by atoms with E-state index in [-0.39, 0.29) is 6.10 Å². The molecule has 0 amide bonds. The number of anilines is 2. The molecule has 0 spiro atoms. The van der Waals surface area contributed by atoms with Crippen LogP contribution in [0.5, 0.6) is 0 Å². The second kappa shape index (κ2) is 4.40. The van der Waals surface area contributed by atoms with Gasteiger partial charge in [-0.1, -0.05) is 6.92 Å². The highest BCUT2D eigenvalue weighted by atomic mass is 16.3. The molecule has 1 unspecified atom stereocenters. The summed E-state index contributed by atoms with van der Waals surface area (Å²) in [5.41, 5.74) is 8.13. The van der Waals surface area contributed by atoms with Gasteiger partial charge in [0.2, 0.25) is 5.95 Å². The number of nitrogens with two attached hydrogens (primary N) is 1. The quantitative estimate of drug-likeness (QED) is 0.585. The number of aliphatic hydroxyl groups is 1. The van der Waals surface area contributed by atoms with Gasteiger partial charge < -0.3 is 21.1 Å². The van der Waals surface area contributed by atoms with Gasteiger partial charge in [-0.25, -0.2) is 4.98 Å². The molecule has 1 atom stereocenters. The molecule has 5 N–H and O–H groups in total. The summed E-state index contributed by atoms with van der Waals surface area (Å²) in [5, 5.41) is 12.5. The molecular weight excluding hydrogens is 204 g/mol. The van der Waals surface area contributed by atoms with Crippen LogP contribution in [0.3, 0.4) is 0 Å². The lowest BCUT2D eigenvalue weighted by atomic mass is 10.3. The van der Waals surface area contributed by atoms with Crippen LogP contribution in [0.2, 0.25) is 0 Å². The van der Waals surface area contributed by atoms with Gasteiger partial charge >= 0.3 is 0 Å². The first kappa shape index (κ1) is 10.8. The number of imidazole rings is 1. The zero-order chi connectivity index (χ0) is 11.5. The predicted octanol–water partition coefficient (Wildman–Crippen LogP) is 1.33. The average Bonchev–Trinajstić information content (AvgIpc) is 2.67. The highest BCUT2D eigenvalue weighted by Gasteiger charge is 2.04. The Bertz CT molecular complexity index is 480. The van der Waals surface area contributed by atoms with Crippen LogP contribution in [0.25, 0.3) is 11.0 Å². The number of aromatic nitrogens is 2. The first-order valence-corrected chi connectivity index (χ1v) is 5.36. The van der Waals surface area contributed by atoms with E-state index in [2.05, 4.69) is 15.3 Å². The fourth-order valence-electron chi connectivity index (χ4n) is 1.47. The van der Waals surface area contributed by atoms with Crippen LogP contribution in [-0.2, 0) is 0 Å². The fourth-order valence-corrected chi connectivity index (χ4v) is 1.47. The molecule has 1 aromatic heterocycles. The number of aromatic amines is 1. The molecule has 0 saturated heterocycles. The summed E-state index contributed by atoms with van der Waals surface area (Å²) in [4.78, 5) is 7.43. The molecule has 0 aliphatic carbocycles. The van der Waals surface area contributed by atoms with Gasteiger partial charge in [-0.3, -0.25) is 0 Å². The Kier molecular flexibility index (Phi) is 2.96. The minimum absolute atomic E-state index is 0.349. The van der Waals surface area contributed by atoms with Gasteiger partial charge in [-0.05, 0) is 24.6 Å². The minimum Gasteiger partial charge on any atom is -0.399 e. The van der Waals surface area contributed by atoms with Crippen molar-refractivity contribution in [2.75, 3.05) is 17.6 Å². The molecule has 86 valence electrons. The van der Waals surface area contributed by atoms with Gasteiger partial charge in [0.15, 0.2) is 0 Å². The lowest BCUT2D eigenvalue weighted by molar-refractivity contribution is 0.183. The van der Waals surface area contributed by atoms with E-state index < -0.39 is 0 Å². The number of hydrogen-bond acceptors (Lipinski definition) is 4. The smallest absolute Gasteiger partial charge is 0.201 e. The predicted molar refractivity (Wildman–Crippen MR) is 65.3 cm³/mol. The van der Waals surface area contributed by atoms with E-state index in [1.54, 1.807) is 0 Å².